The molecule has 0 N–H and O–H groups in total. The molecular weight excluding hydrogens is 160 g/mol. The highest BCUT2D eigenvalue weighted by Gasteiger charge is 2.20. The highest BCUT2D eigenvalue weighted by Crippen LogP contribution is 2.21. The molecular formula is C12H18O. The molecule has 0 saturated carbocycles. The zero-order valence-corrected chi connectivity index (χ0v) is 8.55. The Hall–Kier alpha value is -0.820. The lowest BCUT2D eigenvalue weighted by molar-refractivity contribution is 0.0142. The Kier molecular flexibility index (Phi) is 3.49. The van der Waals surface area contributed by atoms with Crippen molar-refractivity contribution in [3.8, 4) is 0 Å². The first-order chi connectivity index (χ1) is 6.12. The fourth-order valence-electron chi connectivity index (χ4n) is 1.29. The summed E-state index contributed by atoms with van der Waals surface area (Å²) in [6.45, 7) is 8.75. The molecule has 1 rings (SSSR count). The zero-order valence-electron chi connectivity index (χ0n) is 8.55. The normalized spacial score (nSPS) is 29.1. The average Bonchev–Trinajstić information content (AvgIpc) is 2.28. The number of allylic oxidation sites excluding steroid dienone is 2. The Bertz CT molecular complexity index is 238. The van der Waals surface area contributed by atoms with Gasteiger partial charge in [-0.1, -0.05) is 36.5 Å². The molecule has 0 fully saturated rings. The molecule has 1 aliphatic heterocycles. The second kappa shape index (κ2) is 4.43. The summed E-state index contributed by atoms with van der Waals surface area (Å²) in [5.74, 6) is 0. The van der Waals surface area contributed by atoms with Crippen LogP contribution in [0.15, 0.2) is 36.5 Å². The molecule has 0 saturated heterocycles. The standard InChI is InChI=1S/C12H18O/c1-11(2)7-9-12(3)8-5-4-6-10-13-12/h4-5,7,9H,1,6,8,10H2,2-3H3/b9-7+. The van der Waals surface area contributed by atoms with Crippen molar-refractivity contribution in [3.63, 3.8) is 0 Å². The highest BCUT2D eigenvalue weighted by molar-refractivity contribution is 5.17. The van der Waals surface area contributed by atoms with Crippen LogP contribution in [0.1, 0.15) is 26.7 Å². The van der Waals surface area contributed by atoms with Gasteiger partial charge in [-0.25, -0.2) is 0 Å². The first-order valence-corrected chi connectivity index (χ1v) is 4.76. The van der Waals surface area contributed by atoms with Crippen molar-refractivity contribution in [1.29, 1.82) is 0 Å². The second-order valence-corrected chi connectivity index (χ2v) is 3.81. The minimum Gasteiger partial charge on any atom is -0.371 e. The van der Waals surface area contributed by atoms with Gasteiger partial charge in [-0.3, -0.25) is 0 Å². The summed E-state index contributed by atoms with van der Waals surface area (Å²) in [5, 5.41) is 0. The van der Waals surface area contributed by atoms with Gasteiger partial charge in [-0.05, 0) is 26.7 Å². The fraction of sp³-hybridized carbons (Fsp3) is 0.500. The second-order valence-electron chi connectivity index (χ2n) is 3.81. The third-order valence-corrected chi connectivity index (χ3v) is 2.13. The first-order valence-electron chi connectivity index (χ1n) is 4.76. The third kappa shape index (κ3) is 3.60. The summed E-state index contributed by atoms with van der Waals surface area (Å²) in [6.07, 6.45) is 10.5. The van der Waals surface area contributed by atoms with Crippen LogP contribution in [-0.2, 0) is 4.74 Å². The summed E-state index contributed by atoms with van der Waals surface area (Å²) in [5.41, 5.74) is 0.935. The molecule has 0 bridgehead atoms. The Morgan fingerprint density at radius 1 is 1.54 bits per heavy atom. The van der Waals surface area contributed by atoms with Crippen LogP contribution in [-0.4, -0.2) is 12.2 Å². The van der Waals surface area contributed by atoms with Gasteiger partial charge in [0.1, 0.15) is 0 Å². The van der Waals surface area contributed by atoms with Crippen molar-refractivity contribution in [2.75, 3.05) is 6.61 Å². The minimum atomic E-state index is -0.133. The van der Waals surface area contributed by atoms with E-state index >= 15 is 0 Å². The maximum atomic E-state index is 5.75. The lowest BCUT2D eigenvalue weighted by Crippen LogP contribution is -2.24. The van der Waals surface area contributed by atoms with Crippen LogP contribution < -0.4 is 0 Å². The first kappa shape index (κ1) is 10.3. The lowest BCUT2D eigenvalue weighted by Gasteiger charge is -2.23. The number of hydrogen-bond acceptors (Lipinski definition) is 1. The van der Waals surface area contributed by atoms with E-state index in [-0.39, 0.29) is 5.60 Å². The fourth-order valence-corrected chi connectivity index (χ4v) is 1.29. The molecule has 1 aliphatic rings. The van der Waals surface area contributed by atoms with Gasteiger partial charge in [0.2, 0.25) is 0 Å². The van der Waals surface area contributed by atoms with Gasteiger partial charge in [0.15, 0.2) is 0 Å². The molecule has 0 amide bonds. The van der Waals surface area contributed by atoms with E-state index in [2.05, 4.69) is 31.7 Å². The number of hydrogen-bond donors (Lipinski definition) is 0. The lowest BCUT2D eigenvalue weighted by atomic mass is 10.0. The van der Waals surface area contributed by atoms with Crippen molar-refractivity contribution in [2.24, 2.45) is 0 Å². The van der Waals surface area contributed by atoms with Crippen LogP contribution in [0.25, 0.3) is 0 Å². The SMILES string of the molecule is C=C(C)/C=C/C1(C)CC=CCCO1. The van der Waals surface area contributed by atoms with E-state index < -0.39 is 0 Å². The van der Waals surface area contributed by atoms with Crippen LogP contribution in [0, 0.1) is 0 Å². The minimum absolute atomic E-state index is 0.133. The Morgan fingerprint density at radius 2 is 2.31 bits per heavy atom. The van der Waals surface area contributed by atoms with Crippen molar-refractivity contribution in [1.82, 2.24) is 0 Å². The molecule has 0 aromatic rings. The van der Waals surface area contributed by atoms with Crippen LogP contribution in [0.5, 0.6) is 0 Å². The summed E-state index contributed by atoms with van der Waals surface area (Å²) >= 11 is 0. The van der Waals surface area contributed by atoms with Crippen molar-refractivity contribution < 1.29 is 4.74 Å². The molecule has 1 unspecified atom stereocenters. The summed E-state index contributed by atoms with van der Waals surface area (Å²) in [7, 11) is 0. The summed E-state index contributed by atoms with van der Waals surface area (Å²) in [4.78, 5) is 0. The van der Waals surface area contributed by atoms with Gasteiger partial charge in [0, 0.05) is 0 Å². The molecule has 13 heavy (non-hydrogen) atoms. The van der Waals surface area contributed by atoms with Gasteiger partial charge in [-0.2, -0.15) is 0 Å². The monoisotopic (exact) mass is 178 g/mol. The molecule has 72 valence electrons. The van der Waals surface area contributed by atoms with E-state index in [1.807, 2.05) is 13.0 Å². The van der Waals surface area contributed by atoms with Gasteiger partial charge < -0.3 is 4.74 Å². The van der Waals surface area contributed by atoms with E-state index in [4.69, 9.17) is 4.74 Å². The number of rotatable bonds is 2. The van der Waals surface area contributed by atoms with Crippen LogP contribution in [0.3, 0.4) is 0 Å². The quantitative estimate of drug-likeness (QED) is 0.466. The van der Waals surface area contributed by atoms with E-state index in [1.165, 1.54) is 0 Å². The predicted molar refractivity (Wildman–Crippen MR) is 56.7 cm³/mol. The van der Waals surface area contributed by atoms with Gasteiger partial charge in [-0.15, -0.1) is 0 Å². The molecule has 0 radical (unpaired) electrons. The molecule has 1 nitrogen and oxygen atoms in total. The van der Waals surface area contributed by atoms with Gasteiger partial charge in [0.25, 0.3) is 0 Å². The van der Waals surface area contributed by atoms with Gasteiger partial charge >= 0.3 is 0 Å². The van der Waals surface area contributed by atoms with Crippen LogP contribution in [0.2, 0.25) is 0 Å². The number of ether oxygens (including phenoxy) is 1. The van der Waals surface area contributed by atoms with E-state index in [0.717, 1.165) is 25.0 Å². The molecule has 1 atom stereocenters. The molecule has 0 aromatic carbocycles. The summed E-state index contributed by atoms with van der Waals surface area (Å²) in [6, 6.07) is 0. The molecule has 1 heteroatoms. The highest BCUT2D eigenvalue weighted by atomic mass is 16.5. The average molecular weight is 178 g/mol. The Labute approximate surface area is 80.8 Å². The molecule has 0 spiro atoms. The Balaban J connectivity index is 2.62. The van der Waals surface area contributed by atoms with E-state index in [9.17, 15) is 0 Å². The van der Waals surface area contributed by atoms with Crippen LogP contribution >= 0.6 is 0 Å². The molecule has 1 heterocycles. The van der Waals surface area contributed by atoms with Crippen LogP contribution in [0.4, 0.5) is 0 Å². The molecule has 0 aliphatic carbocycles. The Morgan fingerprint density at radius 3 is 3.00 bits per heavy atom. The van der Waals surface area contributed by atoms with Crippen molar-refractivity contribution >= 4 is 0 Å². The smallest absolute Gasteiger partial charge is 0.0871 e. The topological polar surface area (TPSA) is 9.23 Å². The predicted octanol–water partition coefficient (Wildman–Crippen LogP) is 3.24. The van der Waals surface area contributed by atoms with E-state index in [0.29, 0.717) is 0 Å². The van der Waals surface area contributed by atoms with Crippen molar-refractivity contribution in [3.05, 3.63) is 36.5 Å². The van der Waals surface area contributed by atoms with E-state index in [1.54, 1.807) is 0 Å². The third-order valence-electron chi connectivity index (χ3n) is 2.13. The van der Waals surface area contributed by atoms with Gasteiger partial charge in [0.05, 0.1) is 12.2 Å². The summed E-state index contributed by atoms with van der Waals surface area (Å²) < 4.78 is 5.75. The largest absolute Gasteiger partial charge is 0.371 e. The molecule has 0 aromatic heterocycles. The zero-order chi connectivity index (χ0) is 9.73. The maximum Gasteiger partial charge on any atom is 0.0871 e. The maximum absolute atomic E-state index is 5.75. The van der Waals surface area contributed by atoms with Crippen molar-refractivity contribution in [2.45, 2.75) is 32.3 Å².